The molecule has 0 saturated heterocycles. The first-order valence-corrected chi connectivity index (χ1v) is 5.03. The SMILES string of the molecule is Cc1ccoc1C(=O)NC(C)(C)CCN. The summed E-state index contributed by atoms with van der Waals surface area (Å²) in [6, 6.07) is 1.77. The number of nitrogens with two attached hydrogens (primary N) is 1. The van der Waals surface area contributed by atoms with Gasteiger partial charge in [0.1, 0.15) is 0 Å². The van der Waals surface area contributed by atoms with Gasteiger partial charge in [-0.15, -0.1) is 0 Å². The van der Waals surface area contributed by atoms with Crippen molar-refractivity contribution in [2.45, 2.75) is 32.7 Å². The molecule has 84 valence electrons. The van der Waals surface area contributed by atoms with Crippen molar-refractivity contribution in [3.05, 3.63) is 23.7 Å². The van der Waals surface area contributed by atoms with Crippen LogP contribution in [-0.2, 0) is 0 Å². The molecular formula is C11H18N2O2. The summed E-state index contributed by atoms with van der Waals surface area (Å²) >= 11 is 0. The van der Waals surface area contributed by atoms with Crippen LogP contribution >= 0.6 is 0 Å². The smallest absolute Gasteiger partial charge is 0.287 e. The Balaban J connectivity index is 2.68. The van der Waals surface area contributed by atoms with E-state index in [1.54, 1.807) is 6.07 Å². The third kappa shape index (κ3) is 3.09. The minimum atomic E-state index is -0.301. The zero-order chi connectivity index (χ0) is 11.5. The van der Waals surface area contributed by atoms with E-state index in [9.17, 15) is 4.79 Å². The molecule has 1 heterocycles. The Hall–Kier alpha value is -1.29. The minimum absolute atomic E-state index is 0.184. The summed E-state index contributed by atoms with van der Waals surface area (Å²) in [6.45, 7) is 6.27. The molecule has 4 heteroatoms. The number of carbonyl (C=O) groups excluding carboxylic acids is 1. The molecule has 15 heavy (non-hydrogen) atoms. The van der Waals surface area contributed by atoms with Crippen LogP contribution in [0.3, 0.4) is 0 Å². The lowest BCUT2D eigenvalue weighted by Gasteiger charge is -2.25. The van der Waals surface area contributed by atoms with Crippen molar-refractivity contribution in [2.75, 3.05) is 6.54 Å². The number of nitrogens with one attached hydrogen (secondary N) is 1. The Labute approximate surface area is 89.8 Å². The molecule has 1 rings (SSSR count). The van der Waals surface area contributed by atoms with Gasteiger partial charge in [-0.3, -0.25) is 4.79 Å². The normalized spacial score (nSPS) is 11.5. The third-order valence-electron chi connectivity index (χ3n) is 2.29. The molecule has 0 fully saturated rings. The molecule has 0 aliphatic rings. The lowest BCUT2D eigenvalue weighted by Crippen LogP contribution is -2.44. The summed E-state index contributed by atoms with van der Waals surface area (Å²) in [4.78, 5) is 11.8. The monoisotopic (exact) mass is 210 g/mol. The van der Waals surface area contributed by atoms with Crippen LogP contribution in [0.15, 0.2) is 16.7 Å². The predicted molar refractivity (Wildman–Crippen MR) is 58.7 cm³/mol. The van der Waals surface area contributed by atoms with E-state index in [-0.39, 0.29) is 11.4 Å². The topological polar surface area (TPSA) is 68.3 Å². The van der Waals surface area contributed by atoms with E-state index in [0.717, 1.165) is 12.0 Å². The lowest BCUT2D eigenvalue weighted by molar-refractivity contribution is 0.0881. The molecule has 1 aromatic heterocycles. The minimum Gasteiger partial charge on any atom is -0.459 e. The number of carbonyl (C=O) groups is 1. The van der Waals surface area contributed by atoms with E-state index in [1.807, 2.05) is 20.8 Å². The molecule has 0 aliphatic carbocycles. The van der Waals surface area contributed by atoms with E-state index in [4.69, 9.17) is 10.2 Å². The molecule has 0 unspecified atom stereocenters. The van der Waals surface area contributed by atoms with Gasteiger partial charge in [0.05, 0.1) is 6.26 Å². The van der Waals surface area contributed by atoms with Gasteiger partial charge in [0.15, 0.2) is 5.76 Å². The van der Waals surface area contributed by atoms with Gasteiger partial charge in [0.25, 0.3) is 5.91 Å². The standard InChI is InChI=1S/C11H18N2O2/c1-8-4-7-15-9(8)10(14)13-11(2,3)5-6-12/h4,7H,5-6,12H2,1-3H3,(H,13,14). The summed E-state index contributed by atoms with van der Waals surface area (Å²) in [5, 5.41) is 2.89. The zero-order valence-corrected chi connectivity index (χ0v) is 9.46. The summed E-state index contributed by atoms with van der Waals surface area (Å²) in [5.74, 6) is 0.191. The molecule has 0 aliphatic heterocycles. The number of amides is 1. The largest absolute Gasteiger partial charge is 0.459 e. The second kappa shape index (κ2) is 4.49. The lowest BCUT2D eigenvalue weighted by atomic mass is 10.0. The second-order valence-corrected chi connectivity index (χ2v) is 4.31. The zero-order valence-electron chi connectivity index (χ0n) is 9.46. The Morgan fingerprint density at radius 2 is 2.27 bits per heavy atom. The predicted octanol–water partition coefficient (Wildman–Crippen LogP) is 1.45. The number of aryl methyl sites for hydroxylation is 1. The number of hydrogen-bond donors (Lipinski definition) is 2. The van der Waals surface area contributed by atoms with Crippen LogP contribution in [0.25, 0.3) is 0 Å². The van der Waals surface area contributed by atoms with Crippen molar-refractivity contribution < 1.29 is 9.21 Å². The molecule has 3 N–H and O–H groups in total. The van der Waals surface area contributed by atoms with Crippen LogP contribution < -0.4 is 11.1 Å². The second-order valence-electron chi connectivity index (χ2n) is 4.31. The molecule has 1 aromatic rings. The average Bonchev–Trinajstić information content (AvgIpc) is 2.50. The highest BCUT2D eigenvalue weighted by molar-refractivity contribution is 5.93. The molecule has 0 atom stereocenters. The van der Waals surface area contributed by atoms with E-state index in [1.165, 1.54) is 6.26 Å². The van der Waals surface area contributed by atoms with Crippen LogP contribution in [0.2, 0.25) is 0 Å². The maximum atomic E-state index is 11.8. The van der Waals surface area contributed by atoms with Gasteiger partial charge in [0.2, 0.25) is 0 Å². The van der Waals surface area contributed by atoms with Crippen LogP contribution in [-0.4, -0.2) is 18.0 Å². The van der Waals surface area contributed by atoms with Gasteiger partial charge >= 0.3 is 0 Å². The van der Waals surface area contributed by atoms with Crippen LogP contribution in [0.5, 0.6) is 0 Å². The molecule has 0 radical (unpaired) electrons. The van der Waals surface area contributed by atoms with E-state index < -0.39 is 0 Å². The van der Waals surface area contributed by atoms with Crippen molar-refractivity contribution >= 4 is 5.91 Å². The summed E-state index contributed by atoms with van der Waals surface area (Å²) < 4.78 is 5.11. The first-order chi connectivity index (χ1) is 6.96. The Morgan fingerprint density at radius 1 is 1.60 bits per heavy atom. The summed E-state index contributed by atoms with van der Waals surface area (Å²) in [7, 11) is 0. The van der Waals surface area contributed by atoms with Gasteiger partial charge < -0.3 is 15.5 Å². The highest BCUT2D eigenvalue weighted by Crippen LogP contribution is 2.12. The van der Waals surface area contributed by atoms with Crippen molar-refractivity contribution in [1.29, 1.82) is 0 Å². The van der Waals surface area contributed by atoms with Gasteiger partial charge in [-0.1, -0.05) is 0 Å². The van der Waals surface area contributed by atoms with Crippen molar-refractivity contribution in [2.24, 2.45) is 5.73 Å². The van der Waals surface area contributed by atoms with E-state index in [2.05, 4.69) is 5.32 Å². The first-order valence-electron chi connectivity index (χ1n) is 5.03. The fraction of sp³-hybridized carbons (Fsp3) is 0.545. The van der Waals surface area contributed by atoms with Crippen molar-refractivity contribution in [3.63, 3.8) is 0 Å². The molecule has 0 aromatic carbocycles. The number of furan rings is 1. The molecule has 0 saturated carbocycles. The molecule has 0 bridgehead atoms. The Morgan fingerprint density at radius 3 is 2.73 bits per heavy atom. The van der Waals surface area contributed by atoms with Gasteiger partial charge in [-0.05, 0) is 39.8 Å². The highest BCUT2D eigenvalue weighted by Gasteiger charge is 2.22. The fourth-order valence-corrected chi connectivity index (χ4v) is 1.39. The average molecular weight is 210 g/mol. The van der Waals surface area contributed by atoms with Crippen LogP contribution in [0.1, 0.15) is 36.4 Å². The molecular weight excluding hydrogens is 192 g/mol. The first kappa shape index (κ1) is 11.8. The maximum Gasteiger partial charge on any atom is 0.287 e. The fourth-order valence-electron chi connectivity index (χ4n) is 1.39. The highest BCUT2D eigenvalue weighted by atomic mass is 16.3. The maximum absolute atomic E-state index is 11.8. The summed E-state index contributed by atoms with van der Waals surface area (Å²) in [6.07, 6.45) is 2.25. The van der Waals surface area contributed by atoms with Crippen molar-refractivity contribution in [1.82, 2.24) is 5.32 Å². The van der Waals surface area contributed by atoms with Gasteiger partial charge in [0, 0.05) is 11.1 Å². The molecule has 4 nitrogen and oxygen atoms in total. The van der Waals surface area contributed by atoms with Crippen LogP contribution in [0.4, 0.5) is 0 Å². The van der Waals surface area contributed by atoms with Gasteiger partial charge in [-0.25, -0.2) is 0 Å². The quantitative estimate of drug-likeness (QED) is 0.790. The molecule has 1 amide bonds. The third-order valence-corrected chi connectivity index (χ3v) is 2.29. The number of rotatable bonds is 4. The van der Waals surface area contributed by atoms with E-state index >= 15 is 0 Å². The van der Waals surface area contributed by atoms with Gasteiger partial charge in [-0.2, -0.15) is 0 Å². The van der Waals surface area contributed by atoms with Crippen LogP contribution in [0, 0.1) is 6.92 Å². The number of hydrogen-bond acceptors (Lipinski definition) is 3. The molecule has 0 spiro atoms. The Bertz CT molecular complexity index is 342. The van der Waals surface area contributed by atoms with Crippen molar-refractivity contribution in [3.8, 4) is 0 Å². The Kier molecular flexibility index (Phi) is 3.52. The van der Waals surface area contributed by atoms with E-state index in [0.29, 0.717) is 12.3 Å². The summed E-state index contributed by atoms with van der Waals surface area (Å²) in [5.41, 5.74) is 6.01.